The third kappa shape index (κ3) is 5.87. The van der Waals surface area contributed by atoms with Crippen molar-refractivity contribution in [3.05, 3.63) is 143 Å². The monoisotopic (exact) mass is 552 g/mol. The number of aromatic nitrogens is 3. The molecule has 5 aromatic carbocycles. The first-order valence-electron chi connectivity index (χ1n) is 13.1. The molecular formula is C32H24N8O2. The van der Waals surface area contributed by atoms with Crippen molar-refractivity contribution in [1.29, 1.82) is 0 Å². The molecule has 10 heteroatoms. The van der Waals surface area contributed by atoms with Crippen LogP contribution in [-0.4, -0.2) is 26.1 Å². The molecule has 0 saturated heterocycles. The van der Waals surface area contributed by atoms with Crippen LogP contribution < -0.4 is 15.6 Å². The summed E-state index contributed by atoms with van der Waals surface area (Å²) in [7, 11) is 0. The van der Waals surface area contributed by atoms with E-state index in [1.807, 2.05) is 108 Å². The number of hydrogen-bond acceptors (Lipinski definition) is 9. The van der Waals surface area contributed by atoms with Crippen molar-refractivity contribution < 1.29 is 4.92 Å². The second-order valence-corrected chi connectivity index (χ2v) is 9.16. The summed E-state index contributed by atoms with van der Waals surface area (Å²) in [5.41, 5.74) is 6.16. The van der Waals surface area contributed by atoms with Gasteiger partial charge in [-0.15, -0.1) is 0 Å². The average molecular weight is 553 g/mol. The van der Waals surface area contributed by atoms with Gasteiger partial charge in [-0.05, 0) is 53.4 Å². The molecule has 204 valence electrons. The molecule has 0 spiro atoms. The van der Waals surface area contributed by atoms with Crippen LogP contribution in [0.15, 0.2) is 132 Å². The lowest BCUT2D eigenvalue weighted by molar-refractivity contribution is -0.384. The number of non-ortho nitro benzene ring substituents is 1. The molecule has 1 heterocycles. The molecular weight excluding hydrogens is 528 g/mol. The third-order valence-electron chi connectivity index (χ3n) is 6.37. The largest absolute Gasteiger partial charge is 0.323 e. The molecule has 2 N–H and O–H groups in total. The Bertz CT molecular complexity index is 1820. The van der Waals surface area contributed by atoms with Gasteiger partial charge < -0.3 is 5.32 Å². The lowest BCUT2D eigenvalue weighted by atomic mass is 10.1. The Morgan fingerprint density at radius 1 is 0.690 bits per heavy atom. The van der Waals surface area contributed by atoms with E-state index in [0.29, 0.717) is 17.5 Å². The molecule has 0 radical (unpaired) electrons. The van der Waals surface area contributed by atoms with E-state index in [1.54, 1.807) is 12.1 Å². The lowest BCUT2D eigenvalue weighted by Crippen LogP contribution is -2.16. The first-order chi connectivity index (χ1) is 20.6. The smallest absolute Gasteiger partial charge is 0.269 e. The number of hydrazone groups is 1. The predicted molar refractivity (Wildman–Crippen MR) is 166 cm³/mol. The third-order valence-corrected chi connectivity index (χ3v) is 6.37. The van der Waals surface area contributed by atoms with Gasteiger partial charge in [-0.25, -0.2) is 5.43 Å². The van der Waals surface area contributed by atoms with E-state index >= 15 is 0 Å². The predicted octanol–water partition coefficient (Wildman–Crippen LogP) is 7.59. The molecule has 0 amide bonds. The van der Waals surface area contributed by atoms with E-state index in [1.165, 1.54) is 18.3 Å². The molecule has 0 aliphatic rings. The minimum absolute atomic E-state index is 0.00767. The molecule has 0 saturated carbocycles. The van der Waals surface area contributed by atoms with Crippen LogP contribution in [0.2, 0.25) is 0 Å². The van der Waals surface area contributed by atoms with Crippen molar-refractivity contribution >= 4 is 57.6 Å². The van der Waals surface area contributed by atoms with Crippen LogP contribution in [0.25, 0.3) is 10.8 Å². The number of nitro benzene ring substituents is 1. The van der Waals surface area contributed by atoms with Crippen LogP contribution in [-0.2, 0) is 0 Å². The Morgan fingerprint density at radius 3 is 2.00 bits per heavy atom. The minimum atomic E-state index is -0.443. The van der Waals surface area contributed by atoms with Gasteiger partial charge in [0.05, 0.1) is 11.1 Å². The number of nitrogens with zero attached hydrogens (tertiary/aromatic N) is 6. The van der Waals surface area contributed by atoms with Gasteiger partial charge in [-0.1, -0.05) is 72.8 Å². The van der Waals surface area contributed by atoms with Gasteiger partial charge in [0.1, 0.15) is 0 Å². The van der Waals surface area contributed by atoms with Crippen molar-refractivity contribution in [1.82, 2.24) is 15.0 Å². The number of rotatable bonds is 9. The molecule has 0 fully saturated rings. The van der Waals surface area contributed by atoms with Crippen LogP contribution in [0, 0.1) is 10.1 Å². The van der Waals surface area contributed by atoms with E-state index in [4.69, 9.17) is 9.97 Å². The van der Waals surface area contributed by atoms with Crippen molar-refractivity contribution in [2.75, 3.05) is 15.6 Å². The van der Waals surface area contributed by atoms with Crippen LogP contribution in [0.3, 0.4) is 0 Å². The Balaban J connectivity index is 1.40. The second kappa shape index (κ2) is 11.9. The number of anilines is 6. The van der Waals surface area contributed by atoms with Crippen molar-refractivity contribution in [3.8, 4) is 0 Å². The van der Waals surface area contributed by atoms with Crippen molar-refractivity contribution in [3.63, 3.8) is 0 Å². The number of hydrogen-bond donors (Lipinski definition) is 2. The molecule has 0 aliphatic heterocycles. The standard InChI is InChI=1S/C32H24N8O2/c41-40(42)27-20-18-23(19-21-27)22-33-38-31-35-30(34-29-17-9-11-24-10-7-8-16-28(24)29)36-32(37-31)39(25-12-3-1-4-13-25)26-14-5-2-6-15-26/h1-22H,(H2,34,35,36,37,38)/b33-22+. The molecule has 0 aliphatic carbocycles. The number of fused-ring (bicyclic) bond motifs is 1. The number of nitro groups is 1. The summed E-state index contributed by atoms with van der Waals surface area (Å²) in [6.45, 7) is 0. The molecule has 0 atom stereocenters. The molecule has 6 rings (SSSR count). The normalized spacial score (nSPS) is 11.0. The van der Waals surface area contributed by atoms with Crippen molar-refractivity contribution in [2.24, 2.45) is 5.10 Å². The summed E-state index contributed by atoms with van der Waals surface area (Å²) in [5.74, 6) is 0.900. The first-order valence-corrected chi connectivity index (χ1v) is 13.1. The summed E-state index contributed by atoms with van der Waals surface area (Å²) in [6.07, 6.45) is 1.54. The van der Waals surface area contributed by atoms with Crippen LogP contribution >= 0.6 is 0 Å². The maximum absolute atomic E-state index is 11.0. The highest BCUT2D eigenvalue weighted by Crippen LogP contribution is 2.33. The fraction of sp³-hybridized carbons (Fsp3) is 0. The zero-order valence-corrected chi connectivity index (χ0v) is 22.2. The molecule has 6 aromatic rings. The zero-order chi connectivity index (χ0) is 28.7. The van der Waals surface area contributed by atoms with Crippen LogP contribution in [0.4, 0.5) is 40.6 Å². The van der Waals surface area contributed by atoms with Crippen LogP contribution in [0.1, 0.15) is 5.56 Å². The maximum atomic E-state index is 11.0. The van der Waals surface area contributed by atoms with Gasteiger partial charge in [0.2, 0.25) is 17.8 Å². The van der Waals surface area contributed by atoms with Crippen molar-refractivity contribution in [2.45, 2.75) is 0 Å². The van der Waals surface area contributed by atoms with Gasteiger partial charge in [-0.2, -0.15) is 20.1 Å². The van der Waals surface area contributed by atoms with E-state index in [9.17, 15) is 10.1 Å². The topological polar surface area (TPSA) is 121 Å². The highest BCUT2D eigenvalue weighted by Gasteiger charge is 2.18. The minimum Gasteiger partial charge on any atom is -0.323 e. The first kappa shape index (κ1) is 26.1. The quantitative estimate of drug-likeness (QED) is 0.107. The van der Waals surface area contributed by atoms with Gasteiger partial charge in [0, 0.05) is 34.6 Å². The van der Waals surface area contributed by atoms with E-state index in [-0.39, 0.29) is 11.6 Å². The summed E-state index contributed by atoms with van der Waals surface area (Å²) >= 11 is 0. The zero-order valence-electron chi connectivity index (χ0n) is 22.2. The Labute approximate surface area is 241 Å². The summed E-state index contributed by atoms with van der Waals surface area (Å²) in [4.78, 5) is 26.6. The molecule has 0 bridgehead atoms. The summed E-state index contributed by atoms with van der Waals surface area (Å²) < 4.78 is 0. The lowest BCUT2D eigenvalue weighted by Gasteiger charge is -2.23. The second-order valence-electron chi connectivity index (χ2n) is 9.16. The molecule has 0 unspecified atom stereocenters. The average Bonchev–Trinajstić information content (AvgIpc) is 3.03. The highest BCUT2D eigenvalue weighted by molar-refractivity contribution is 5.95. The fourth-order valence-electron chi connectivity index (χ4n) is 4.41. The number of nitrogens with one attached hydrogen (secondary N) is 2. The molecule has 42 heavy (non-hydrogen) atoms. The SMILES string of the molecule is O=[N+]([O-])c1ccc(/C=N/Nc2nc(Nc3cccc4ccccc34)nc(N(c3ccccc3)c3ccccc3)n2)cc1. The van der Waals surface area contributed by atoms with Gasteiger partial charge in [-0.3, -0.25) is 15.0 Å². The van der Waals surface area contributed by atoms with Gasteiger partial charge in [0.15, 0.2) is 0 Å². The van der Waals surface area contributed by atoms with Crippen LogP contribution in [0.5, 0.6) is 0 Å². The van der Waals surface area contributed by atoms with Gasteiger partial charge >= 0.3 is 0 Å². The highest BCUT2D eigenvalue weighted by atomic mass is 16.6. The molecule has 10 nitrogen and oxygen atoms in total. The number of para-hydroxylation sites is 2. The number of benzene rings is 5. The summed E-state index contributed by atoms with van der Waals surface area (Å²) in [6, 6.07) is 39.8. The Morgan fingerprint density at radius 2 is 1.31 bits per heavy atom. The Hall–Kier alpha value is -6.16. The molecule has 1 aromatic heterocycles. The Kier molecular flexibility index (Phi) is 7.41. The fourth-order valence-corrected chi connectivity index (χ4v) is 4.41. The summed E-state index contributed by atoms with van der Waals surface area (Å²) in [5, 5.41) is 20.7. The van der Waals surface area contributed by atoms with E-state index < -0.39 is 4.92 Å². The van der Waals surface area contributed by atoms with E-state index in [0.717, 1.165) is 27.8 Å². The van der Waals surface area contributed by atoms with E-state index in [2.05, 4.69) is 20.8 Å². The van der Waals surface area contributed by atoms with Gasteiger partial charge in [0.25, 0.3) is 5.69 Å². The maximum Gasteiger partial charge on any atom is 0.269 e.